The summed E-state index contributed by atoms with van der Waals surface area (Å²) in [6.45, 7) is 6.57. The maximum Gasteiger partial charge on any atom is 0.237 e. The minimum absolute atomic E-state index is 0.189. The minimum atomic E-state index is -3.66. The van der Waals surface area contributed by atoms with Crippen molar-refractivity contribution in [1.29, 1.82) is 0 Å². The van der Waals surface area contributed by atoms with Gasteiger partial charge in [0.15, 0.2) is 0 Å². The molecule has 3 aromatic rings. The van der Waals surface area contributed by atoms with E-state index in [0.717, 1.165) is 18.0 Å². The van der Waals surface area contributed by atoms with Crippen molar-refractivity contribution in [2.24, 2.45) is 0 Å². The minimum Gasteiger partial charge on any atom is -0.340 e. The third-order valence-electron chi connectivity index (χ3n) is 4.12. The molecule has 3 rings (SSSR count). The van der Waals surface area contributed by atoms with E-state index in [9.17, 15) is 12.8 Å². The van der Waals surface area contributed by atoms with Gasteiger partial charge in [-0.25, -0.2) is 23.4 Å². The lowest BCUT2D eigenvalue weighted by Gasteiger charge is -2.21. The van der Waals surface area contributed by atoms with Crippen LogP contribution >= 0.6 is 11.6 Å². The van der Waals surface area contributed by atoms with Crippen LogP contribution < -0.4 is 15.4 Å². The van der Waals surface area contributed by atoms with Gasteiger partial charge in [-0.15, -0.1) is 0 Å². The summed E-state index contributed by atoms with van der Waals surface area (Å²) in [4.78, 5) is 15.8. The summed E-state index contributed by atoms with van der Waals surface area (Å²) in [5.41, 5.74) is 1.52. The molecule has 1 aromatic carbocycles. The van der Waals surface area contributed by atoms with E-state index in [0.29, 0.717) is 11.5 Å². The Morgan fingerprint density at radius 2 is 1.81 bits per heavy atom. The molecule has 3 N–H and O–H groups in total. The molecule has 164 valence electrons. The molecule has 0 saturated carbocycles. The standard InChI is InChI=1S/C19H21ClFN7O2S/c1-11-9-22-18(26-16-8-15(21)23-10-24-16)27-17(11)25-12-5-6-13(20)14(7-12)28-31(29,30)19(2,3)4/h5-10,28H,1-4H3,(H2,22,23,24,25,26,27). The van der Waals surface area contributed by atoms with Gasteiger partial charge < -0.3 is 10.6 Å². The highest BCUT2D eigenvalue weighted by Crippen LogP contribution is 2.30. The second-order valence-corrected chi connectivity index (χ2v) is 10.5. The lowest BCUT2D eigenvalue weighted by Crippen LogP contribution is -2.33. The third kappa shape index (κ3) is 5.56. The van der Waals surface area contributed by atoms with Gasteiger partial charge in [0, 0.05) is 23.5 Å². The van der Waals surface area contributed by atoms with Crippen LogP contribution in [0.25, 0.3) is 0 Å². The van der Waals surface area contributed by atoms with E-state index in [-0.39, 0.29) is 22.5 Å². The first-order valence-electron chi connectivity index (χ1n) is 9.12. The Bertz CT molecular complexity index is 1220. The smallest absolute Gasteiger partial charge is 0.237 e. The number of nitrogens with zero attached hydrogens (tertiary/aromatic N) is 4. The molecule has 0 bridgehead atoms. The van der Waals surface area contributed by atoms with Crippen LogP contribution in [-0.2, 0) is 10.0 Å². The van der Waals surface area contributed by atoms with E-state index in [1.807, 2.05) is 0 Å². The Morgan fingerprint density at radius 3 is 2.48 bits per heavy atom. The summed E-state index contributed by atoms with van der Waals surface area (Å²) in [6.07, 6.45) is 2.66. The van der Waals surface area contributed by atoms with Gasteiger partial charge in [0.2, 0.25) is 21.9 Å². The Labute approximate surface area is 184 Å². The molecule has 2 aromatic heterocycles. The van der Waals surface area contributed by atoms with E-state index in [2.05, 4.69) is 35.3 Å². The van der Waals surface area contributed by atoms with Crippen molar-refractivity contribution < 1.29 is 12.8 Å². The largest absolute Gasteiger partial charge is 0.340 e. The highest BCUT2D eigenvalue weighted by atomic mass is 35.5. The number of nitrogens with one attached hydrogen (secondary N) is 3. The third-order valence-corrected chi connectivity index (χ3v) is 6.56. The highest BCUT2D eigenvalue weighted by molar-refractivity contribution is 7.94. The van der Waals surface area contributed by atoms with Gasteiger partial charge in [0.05, 0.1) is 15.5 Å². The topological polar surface area (TPSA) is 122 Å². The van der Waals surface area contributed by atoms with Crippen molar-refractivity contribution in [3.05, 3.63) is 53.3 Å². The highest BCUT2D eigenvalue weighted by Gasteiger charge is 2.29. The van der Waals surface area contributed by atoms with Gasteiger partial charge in [0.1, 0.15) is 18.0 Å². The molecule has 0 atom stereocenters. The second kappa shape index (κ2) is 8.60. The van der Waals surface area contributed by atoms with Gasteiger partial charge in [-0.05, 0) is 45.9 Å². The van der Waals surface area contributed by atoms with Crippen LogP contribution in [-0.4, -0.2) is 33.1 Å². The average molecular weight is 466 g/mol. The first-order chi connectivity index (χ1) is 14.4. The number of hydrogen-bond donors (Lipinski definition) is 3. The Balaban J connectivity index is 1.85. The second-order valence-electron chi connectivity index (χ2n) is 7.61. The SMILES string of the molecule is Cc1cnc(Nc2cc(F)ncn2)nc1Nc1ccc(Cl)c(NS(=O)(=O)C(C)(C)C)c1. The molecule has 0 spiro atoms. The number of hydrogen-bond acceptors (Lipinski definition) is 8. The van der Waals surface area contributed by atoms with Crippen LogP contribution in [0.3, 0.4) is 0 Å². The van der Waals surface area contributed by atoms with E-state index >= 15 is 0 Å². The van der Waals surface area contributed by atoms with E-state index in [1.54, 1.807) is 52.1 Å². The molecule has 0 radical (unpaired) electrons. The Morgan fingerprint density at radius 1 is 1.06 bits per heavy atom. The zero-order valence-electron chi connectivity index (χ0n) is 17.2. The van der Waals surface area contributed by atoms with E-state index in [1.165, 1.54) is 0 Å². The lowest BCUT2D eigenvalue weighted by atomic mass is 10.2. The zero-order chi connectivity index (χ0) is 22.8. The summed E-state index contributed by atoms with van der Waals surface area (Å²) < 4.78 is 39.7. The molecule has 31 heavy (non-hydrogen) atoms. The molecule has 9 nitrogen and oxygen atoms in total. The molecule has 12 heteroatoms. The van der Waals surface area contributed by atoms with Crippen molar-refractivity contribution in [3.8, 4) is 0 Å². The predicted molar refractivity (Wildman–Crippen MR) is 119 cm³/mol. The van der Waals surface area contributed by atoms with Crippen LogP contribution in [0.5, 0.6) is 0 Å². The summed E-state index contributed by atoms with van der Waals surface area (Å²) in [7, 11) is -3.66. The maximum absolute atomic E-state index is 13.3. The Hall–Kier alpha value is -3.05. The molecule has 0 aliphatic rings. The molecule has 0 aliphatic carbocycles. The van der Waals surface area contributed by atoms with Crippen molar-refractivity contribution >= 4 is 50.6 Å². The van der Waals surface area contributed by atoms with Crippen molar-refractivity contribution in [2.75, 3.05) is 15.4 Å². The van der Waals surface area contributed by atoms with Crippen molar-refractivity contribution in [3.63, 3.8) is 0 Å². The van der Waals surface area contributed by atoms with E-state index in [4.69, 9.17) is 11.6 Å². The number of benzene rings is 1. The molecular formula is C19H21ClFN7O2S. The number of anilines is 5. The Kier molecular flexibility index (Phi) is 6.27. The normalized spacial score (nSPS) is 11.8. The summed E-state index contributed by atoms with van der Waals surface area (Å²) in [5.74, 6) is 0.162. The summed E-state index contributed by atoms with van der Waals surface area (Å²) >= 11 is 6.18. The summed E-state index contributed by atoms with van der Waals surface area (Å²) in [5, 5.41) is 6.17. The monoisotopic (exact) mass is 465 g/mol. The fourth-order valence-corrected chi connectivity index (χ4v) is 3.25. The first-order valence-corrected chi connectivity index (χ1v) is 11.0. The average Bonchev–Trinajstić information content (AvgIpc) is 2.66. The molecule has 2 heterocycles. The lowest BCUT2D eigenvalue weighted by molar-refractivity contribution is 0.566. The number of rotatable bonds is 6. The van der Waals surface area contributed by atoms with Gasteiger partial charge in [0.25, 0.3) is 0 Å². The van der Waals surface area contributed by atoms with E-state index < -0.39 is 20.7 Å². The van der Waals surface area contributed by atoms with Gasteiger partial charge >= 0.3 is 0 Å². The van der Waals surface area contributed by atoms with Gasteiger partial charge in [-0.2, -0.15) is 9.37 Å². The molecule has 0 amide bonds. The predicted octanol–water partition coefficient (Wildman–Crippen LogP) is 4.39. The molecule has 0 saturated heterocycles. The molecule has 0 aliphatic heterocycles. The fourth-order valence-electron chi connectivity index (χ4n) is 2.26. The van der Waals surface area contributed by atoms with Gasteiger partial charge in [-0.3, -0.25) is 4.72 Å². The maximum atomic E-state index is 13.3. The van der Waals surface area contributed by atoms with Crippen LogP contribution in [0.4, 0.5) is 33.3 Å². The fraction of sp³-hybridized carbons (Fsp3) is 0.263. The molecule has 0 fully saturated rings. The number of halogens is 2. The van der Waals surface area contributed by atoms with Crippen LogP contribution in [0, 0.1) is 12.9 Å². The van der Waals surface area contributed by atoms with Crippen molar-refractivity contribution in [1.82, 2.24) is 19.9 Å². The number of aromatic nitrogens is 4. The van der Waals surface area contributed by atoms with Crippen LogP contribution in [0.15, 0.2) is 36.8 Å². The van der Waals surface area contributed by atoms with Crippen LogP contribution in [0.2, 0.25) is 5.02 Å². The first kappa shape index (κ1) is 22.6. The number of aryl methyl sites for hydroxylation is 1. The quantitative estimate of drug-likeness (QED) is 0.458. The van der Waals surface area contributed by atoms with Crippen molar-refractivity contribution in [2.45, 2.75) is 32.4 Å². The van der Waals surface area contributed by atoms with Crippen LogP contribution in [0.1, 0.15) is 26.3 Å². The molecule has 0 unspecified atom stereocenters. The van der Waals surface area contributed by atoms with Gasteiger partial charge in [-0.1, -0.05) is 11.6 Å². The summed E-state index contributed by atoms with van der Waals surface area (Å²) in [6, 6.07) is 5.94. The number of sulfonamides is 1. The zero-order valence-corrected chi connectivity index (χ0v) is 18.8. The molecular weight excluding hydrogens is 445 g/mol.